The molecule has 0 bridgehead atoms. The van der Waals surface area contributed by atoms with Crippen LogP contribution in [0.3, 0.4) is 0 Å². The number of carbonyl (C=O) groups excluding carboxylic acids is 1. The van der Waals surface area contributed by atoms with E-state index in [2.05, 4.69) is 14.5 Å². The van der Waals surface area contributed by atoms with Crippen LogP contribution in [-0.2, 0) is 7.05 Å². The van der Waals surface area contributed by atoms with Crippen molar-refractivity contribution in [3.05, 3.63) is 83.5 Å². The van der Waals surface area contributed by atoms with Gasteiger partial charge in [-0.2, -0.15) is 0 Å². The average Bonchev–Trinajstić information content (AvgIpc) is 3.11. The van der Waals surface area contributed by atoms with E-state index in [0.29, 0.717) is 18.1 Å². The van der Waals surface area contributed by atoms with Gasteiger partial charge in [-0.15, -0.1) is 0 Å². The monoisotopic (exact) mass is 430 g/mol. The molecule has 1 amide bonds. The third-order valence-electron chi connectivity index (χ3n) is 5.96. The molecule has 4 aromatic rings. The molecule has 2 aromatic heterocycles. The van der Waals surface area contributed by atoms with Crippen LogP contribution in [0.1, 0.15) is 10.4 Å². The lowest BCUT2D eigenvalue weighted by Gasteiger charge is -2.35. The van der Waals surface area contributed by atoms with E-state index in [4.69, 9.17) is 11.6 Å². The molecule has 5 rings (SSSR count). The van der Waals surface area contributed by atoms with Crippen molar-refractivity contribution in [2.24, 2.45) is 7.05 Å². The van der Waals surface area contributed by atoms with Crippen LogP contribution in [0, 0.1) is 0 Å². The zero-order valence-electron chi connectivity index (χ0n) is 17.3. The van der Waals surface area contributed by atoms with Crippen molar-refractivity contribution in [2.75, 3.05) is 31.1 Å². The van der Waals surface area contributed by atoms with Gasteiger partial charge in [-0.3, -0.25) is 4.79 Å². The van der Waals surface area contributed by atoms with Crippen LogP contribution < -0.4 is 4.90 Å². The zero-order valence-corrected chi connectivity index (χ0v) is 18.1. The van der Waals surface area contributed by atoms with E-state index < -0.39 is 0 Å². The van der Waals surface area contributed by atoms with Crippen LogP contribution in [0.15, 0.2) is 72.9 Å². The summed E-state index contributed by atoms with van der Waals surface area (Å²) >= 11 is 6.28. The number of aryl methyl sites for hydroxylation is 1. The second-order valence-corrected chi connectivity index (χ2v) is 8.21. The molecule has 1 saturated heterocycles. The standard InChI is InChI=1S/C25H23ClN4O/c1-28-21-17-19(26)10-11-20(21)23(24(28)18-7-3-2-4-8-18)25(31)30-15-13-29(14-16-30)22-9-5-6-12-27-22/h2-12,17H,13-16H2,1H3. The van der Waals surface area contributed by atoms with Crippen LogP contribution in [0.5, 0.6) is 0 Å². The number of rotatable bonds is 3. The summed E-state index contributed by atoms with van der Waals surface area (Å²) in [5.74, 6) is 1.02. The highest BCUT2D eigenvalue weighted by Crippen LogP contribution is 2.35. The fourth-order valence-electron chi connectivity index (χ4n) is 4.40. The first-order valence-electron chi connectivity index (χ1n) is 10.4. The molecular formula is C25H23ClN4O. The molecule has 3 heterocycles. The highest BCUT2D eigenvalue weighted by molar-refractivity contribution is 6.31. The molecule has 1 fully saturated rings. The van der Waals surface area contributed by atoms with Gasteiger partial charge in [0.2, 0.25) is 0 Å². The van der Waals surface area contributed by atoms with Crippen molar-refractivity contribution in [1.82, 2.24) is 14.5 Å². The molecular weight excluding hydrogens is 408 g/mol. The summed E-state index contributed by atoms with van der Waals surface area (Å²) < 4.78 is 2.08. The zero-order chi connectivity index (χ0) is 21.4. The van der Waals surface area contributed by atoms with E-state index in [1.807, 2.05) is 78.7 Å². The van der Waals surface area contributed by atoms with Crippen LogP contribution in [0.2, 0.25) is 5.02 Å². The van der Waals surface area contributed by atoms with Crippen molar-refractivity contribution in [3.63, 3.8) is 0 Å². The lowest BCUT2D eigenvalue weighted by atomic mass is 10.0. The molecule has 0 atom stereocenters. The molecule has 1 aliphatic heterocycles. The Morgan fingerprint density at radius 3 is 2.39 bits per heavy atom. The van der Waals surface area contributed by atoms with Crippen LogP contribution in [-0.4, -0.2) is 46.5 Å². The molecule has 156 valence electrons. The first-order valence-corrected chi connectivity index (χ1v) is 10.8. The second-order valence-electron chi connectivity index (χ2n) is 7.78. The number of pyridine rings is 1. The first kappa shape index (κ1) is 19.6. The van der Waals surface area contributed by atoms with Crippen LogP contribution in [0.4, 0.5) is 5.82 Å². The first-order chi connectivity index (χ1) is 15.1. The second kappa shape index (κ2) is 8.08. The van der Waals surface area contributed by atoms with Gasteiger partial charge < -0.3 is 14.4 Å². The molecule has 6 heteroatoms. The van der Waals surface area contributed by atoms with Gasteiger partial charge in [-0.05, 0) is 29.8 Å². The van der Waals surface area contributed by atoms with Gasteiger partial charge in [-0.25, -0.2) is 4.98 Å². The fourth-order valence-corrected chi connectivity index (χ4v) is 4.56. The summed E-state index contributed by atoms with van der Waals surface area (Å²) in [7, 11) is 2.00. The predicted octanol–water partition coefficient (Wildman–Crippen LogP) is 4.86. The predicted molar refractivity (Wildman–Crippen MR) is 126 cm³/mol. The van der Waals surface area contributed by atoms with E-state index in [9.17, 15) is 4.79 Å². The Morgan fingerprint density at radius 1 is 0.935 bits per heavy atom. The topological polar surface area (TPSA) is 41.4 Å². The molecule has 5 nitrogen and oxygen atoms in total. The maximum absolute atomic E-state index is 13.8. The van der Waals surface area contributed by atoms with Gasteiger partial charge in [0.25, 0.3) is 5.91 Å². The van der Waals surface area contributed by atoms with Gasteiger partial charge in [-0.1, -0.05) is 54.1 Å². The third-order valence-corrected chi connectivity index (χ3v) is 6.20. The lowest BCUT2D eigenvalue weighted by Crippen LogP contribution is -2.49. The number of hydrogen-bond donors (Lipinski definition) is 0. The molecule has 0 spiro atoms. The number of aromatic nitrogens is 2. The normalized spacial score (nSPS) is 14.3. The summed E-state index contributed by atoms with van der Waals surface area (Å²) in [6.07, 6.45) is 1.81. The van der Waals surface area contributed by atoms with E-state index in [-0.39, 0.29) is 5.91 Å². The molecule has 0 saturated carbocycles. The Bertz CT molecular complexity index is 1230. The van der Waals surface area contributed by atoms with Gasteiger partial charge in [0.1, 0.15) is 5.82 Å². The SMILES string of the molecule is Cn1c(-c2ccccc2)c(C(=O)N2CCN(c3ccccn3)CC2)c2ccc(Cl)cc21. The molecule has 0 radical (unpaired) electrons. The van der Waals surface area contributed by atoms with Crippen LogP contribution >= 0.6 is 11.6 Å². The number of piperazine rings is 1. The minimum Gasteiger partial charge on any atom is -0.353 e. The molecule has 31 heavy (non-hydrogen) atoms. The number of amides is 1. The third kappa shape index (κ3) is 3.55. The van der Waals surface area contributed by atoms with Crippen molar-refractivity contribution in [3.8, 4) is 11.3 Å². The summed E-state index contributed by atoms with van der Waals surface area (Å²) in [6, 6.07) is 21.8. The molecule has 0 unspecified atom stereocenters. The van der Waals surface area contributed by atoms with Gasteiger partial charge in [0.05, 0.1) is 16.8 Å². The molecule has 0 aliphatic carbocycles. The van der Waals surface area contributed by atoms with Gasteiger partial charge in [0.15, 0.2) is 0 Å². The van der Waals surface area contributed by atoms with Crippen molar-refractivity contribution in [1.29, 1.82) is 0 Å². The minimum atomic E-state index is 0.0625. The Labute approximate surface area is 186 Å². The molecule has 2 aromatic carbocycles. The highest BCUT2D eigenvalue weighted by Gasteiger charge is 2.29. The van der Waals surface area contributed by atoms with Crippen molar-refractivity contribution in [2.45, 2.75) is 0 Å². The summed E-state index contributed by atoms with van der Waals surface area (Å²) in [5, 5.41) is 1.60. The summed E-state index contributed by atoms with van der Waals surface area (Å²) in [4.78, 5) is 22.4. The van der Waals surface area contributed by atoms with E-state index in [0.717, 1.165) is 46.6 Å². The Kier molecular flexibility index (Phi) is 5.12. The number of nitrogens with zero attached hydrogens (tertiary/aromatic N) is 4. The quantitative estimate of drug-likeness (QED) is 0.466. The Morgan fingerprint density at radius 2 is 1.68 bits per heavy atom. The number of halogens is 1. The maximum atomic E-state index is 13.8. The number of anilines is 1. The largest absolute Gasteiger partial charge is 0.353 e. The van der Waals surface area contributed by atoms with E-state index in [1.54, 1.807) is 6.20 Å². The Hall–Kier alpha value is -3.31. The smallest absolute Gasteiger partial charge is 0.256 e. The van der Waals surface area contributed by atoms with E-state index >= 15 is 0 Å². The van der Waals surface area contributed by atoms with Crippen molar-refractivity contribution >= 4 is 34.2 Å². The highest BCUT2D eigenvalue weighted by atomic mass is 35.5. The summed E-state index contributed by atoms with van der Waals surface area (Å²) in [6.45, 7) is 2.85. The lowest BCUT2D eigenvalue weighted by molar-refractivity contribution is 0.0749. The minimum absolute atomic E-state index is 0.0625. The summed E-state index contributed by atoms with van der Waals surface area (Å²) in [5.41, 5.74) is 3.65. The maximum Gasteiger partial charge on any atom is 0.256 e. The van der Waals surface area contributed by atoms with Crippen LogP contribution in [0.25, 0.3) is 22.2 Å². The van der Waals surface area contributed by atoms with Gasteiger partial charge in [0, 0.05) is 49.8 Å². The fraction of sp³-hybridized carbons (Fsp3) is 0.200. The average molecular weight is 431 g/mol. The van der Waals surface area contributed by atoms with E-state index in [1.165, 1.54) is 0 Å². The van der Waals surface area contributed by atoms with Gasteiger partial charge >= 0.3 is 0 Å². The molecule has 0 N–H and O–H groups in total. The number of carbonyl (C=O) groups is 1. The number of hydrogen-bond acceptors (Lipinski definition) is 3. The van der Waals surface area contributed by atoms with Crippen molar-refractivity contribution < 1.29 is 4.79 Å². The molecule has 1 aliphatic rings. The number of fused-ring (bicyclic) bond motifs is 1. The Balaban J connectivity index is 1.52. The number of benzene rings is 2.